The van der Waals surface area contributed by atoms with E-state index in [1.165, 1.54) is 0 Å². The van der Waals surface area contributed by atoms with Gasteiger partial charge in [-0.25, -0.2) is 0 Å². The van der Waals surface area contributed by atoms with Gasteiger partial charge in [0.25, 0.3) is 11.8 Å². The Morgan fingerprint density at radius 3 is 2.33 bits per heavy atom. The highest BCUT2D eigenvalue weighted by molar-refractivity contribution is 7.80. The monoisotopic (exact) mass is 470 g/mol. The molecule has 0 unspecified atom stereocenters. The fourth-order valence-electron chi connectivity index (χ4n) is 3.11. The largest absolute Gasteiger partial charge is 0.493 e. The van der Waals surface area contributed by atoms with Crippen LogP contribution in [0, 0.1) is 0 Å². The van der Waals surface area contributed by atoms with Crippen LogP contribution in [-0.4, -0.2) is 54.6 Å². The standard InChI is InChI=1S/C25H34N4O3S/c1-4-7-18-32-22-11-9-8-10-21(22)24(31)28-25(33)27-20-14-12-19(13-15-20)23(30)26-16-17-29(5-2)6-3/h8-15H,4-7,16-18H2,1-3H3,(H,26,30)(H2,27,28,31,33). The third-order valence-corrected chi connectivity index (χ3v) is 5.33. The van der Waals surface area contributed by atoms with Crippen LogP contribution >= 0.6 is 12.2 Å². The molecule has 0 heterocycles. The molecule has 2 rings (SSSR count). The summed E-state index contributed by atoms with van der Waals surface area (Å²) >= 11 is 5.28. The van der Waals surface area contributed by atoms with Gasteiger partial charge in [-0.1, -0.05) is 39.3 Å². The summed E-state index contributed by atoms with van der Waals surface area (Å²) in [5.74, 6) is 0.0654. The lowest BCUT2D eigenvalue weighted by Gasteiger charge is -2.18. The molecule has 0 bridgehead atoms. The lowest BCUT2D eigenvalue weighted by Crippen LogP contribution is -2.35. The van der Waals surface area contributed by atoms with Gasteiger partial charge < -0.3 is 20.3 Å². The van der Waals surface area contributed by atoms with Gasteiger partial charge in [0.05, 0.1) is 12.2 Å². The summed E-state index contributed by atoms with van der Waals surface area (Å²) in [5.41, 5.74) is 1.66. The Labute approximate surface area is 201 Å². The number of amides is 2. The lowest BCUT2D eigenvalue weighted by molar-refractivity contribution is 0.0946. The fraction of sp³-hybridized carbons (Fsp3) is 0.400. The molecule has 33 heavy (non-hydrogen) atoms. The first kappa shape index (κ1) is 26.3. The SMILES string of the molecule is CCCCOc1ccccc1C(=O)NC(=S)Nc1ccc(C(=O)NCCN(CC)CC)cc1. The van der Waals surface area contributed by atoms with Gasteiger partial charge in [0, 0.05) is 24.3 Å². The minimum atomic E-state index is -0.344. The maximum atomic E-state index is 12.7. The zero-order valence-electron chi connectivity index (χ0n) is 19.6. The van der Waals surface area contributed by atoms with E-state index in [2.05, 4.69) is 41.6 Å². The van der Waals surface area contributed by atoms with Crippen LogP contribution in [-0.2, 0) is 0 Å². The molecule has 0 atom stereocenters. The number of benzene rings is 2. The van der Waals surface area contributed by atoms with Gasteiger partial charge >= 0.3 is 0 Å². The highest BCUT2D eigenvalue weighted by atomic mass is 32.1. The van der Waals surface area contributed by atoms with Gasteiger partial charge in [-0.3, -0.25) is 14.9 Å². The number of carbonyl (C=O) groups excluding carboxylic acids is 2. The summed E-state index contributed by atoms with van der Waals surface area (Å²) < 4.78 is 5.72. The quantitative estimate of drug-likeness (QED) is 0.321. The van der Waals surface area contributed by atoms with Crippen LogP contribution in [0.3, 0.4) is 0 Å². The molecular weight excluding hydrogens is 436 g/mol. The number of unbranched alkanes of at least 4 members (excludes halogenated alkanes) is 1. The number of ether oxygens (including phenoxy) is 1. The second-order valence-electron chi connectivity index (χ2n) is 7.47. The van der Waals surface area contributed by atoms with Crippen molar-refractivity contribution < 1.29 is 14.3 Å². The maximum Gasteiger partial charge on any atom is 0.261 e. The number of anilines is 1. The van der Waals surface area contributed by atoms with E-state index in [-0.39, 0.29) is 16.9 Å². The van der Waals surface area contributed by atoms with Crippen molar-refractivity contribution in [3.05, 3.63) is 59.7 Å². The van der Waals surface area contributed by atoms with Gasteiger partial charge in [0.1, 0.15) is 5.75 Å². The van der Waals surface area contributed by atoms with E-state index in [9.17, 15) is 9.59 Å². The summed E-state index contributed by atoms with van der Waals surface area (Å²) in [6.45, 7) is 10.2. The van der Waals surface area contributed by atoms with Gasteiger partial charge in [0.2, 0.25) is 0 Å². The Morgan fingerprint density at radius 1 is 0.970 bits per heavy atom. The van der Waals surface area contributed by atoms with Crippen molar-refractivity contribution in [1.82, 2.24) is 15.5 Å². The smallest absolute Gasteiger partial charge is 0.261 e. The minimum absolute atomic E-state index is 0.121. The zero-order valence-corrected chi connectivity index (χ0v) is 20.5. The van der Waals surface area contributed by atoms with Crippen molar-refractivity contribution in [1.29, 1.82) is 0 Å². The molecule has 0 aliphatic rings. The number of thiocarbonyl (C=S) groups is 1. The number of hydrogen-bond donors (Lipinski definition) is 3. The molecular formula is C25H34N4O3S. The summed E-state index contributed by atoms with van der Waals surface area (Å²) in [6, 6.07) is 14.0. The number of carbonyl (C=O) groups is 2. The molecule has 8 heteroatoms. The molecule has 2 amide bonds. The van der Waals surface area contributed by atoms with E-state index < -0.39 is 0 Å². The van der Waals surface area contributed by atoms with Crippen molar-refractivity contribution >= 4 is 34.8 Å². The first-order chi connectivity index (χ1) is 16.0. The number of likely N-dealkylation sites (N-methyl/N-ethyl adjacent to an activating group) is 1. The number of nitrogens with one attached hydrogen (secondary N) is 3. The number of hydrogen-bond acceptors (Lipinski definition) is 5. The third-order valence-electron chi connectivity index (χ3n) is 5.13. The lowest BCUT2D eigenvalue weighted by atomic mass is 10.2. The molecule has 0 fully saturated rings. The Morgan fingerprint density at radius 2 is 1.67 bits per heavy atom. The van der Waals surface area contributed by atoms with Crippen LogP contribution < -0.4 is 20.7 Å². The third kappa shape index (κ3) is 8.82. The van der Waals surface area contributed by atoms with Crippen LogP contribution in [0.5, 0.6) is 5.75 Å². The van der Waals surface area contributed by atoms with E-state index in [0.29, 0.717) is 35.7 Å². The molecule has 0 spiro atoms. The van der Waals surface area contributed by atoms with Crippen LogP contribution in [0.2, 0.25) is 0 Å². The summed E-state index contributed by atoms with van der Waals surface area (Å²) in [7, 11) is 0. The van der Waals surface area contributed by atoms with Crippen LogP contribution in [0.4, 0.5) is 5.69 Å². The Hall–Kier alpha value is -2.97. The zero-order chi connectivity index (χ0) is 24.1. The normalized spacial score (nSPS) is 10.5. The van der Waals surface area contributed by atoms with Gasteiger partial charge in [-0.2, -0.15) is 0 Å². The van der Waals surface area contributed by atoms with Crippen LogP contribution in [0.15, 0.2) is 48.5 Å². The topological polar surface area (TPSA) is 82.7 Å². The van der Waals surface area contributed by atoms with Crippen molar-refractivity contribution in [2.75, 3.05) is 38.1 Å². The van der Waals surface area contributed by atoms with Crippen molar-refractivity contribution in [3.63, 3.8) is 0 Å². The predicted molar refractivity (Wildman–Crippen MR) is 137 cm³/mol. The Balaban J connectivity index is 1.87. The van der Waals surface area contributed by atoms with Crippen molar-refractivity contribution in [2.45, 2.75) is 33.6 Å². The van der Waals surface area contributed by atoms with Crippen LogP contribution in [0.25, 0.3) is 0 Å². The molecule has 0 aromatic heterocycles. The van der Waals surface area contributed by atoms with Gasteiger partial charge in [-0.15, -0.1) is 0 Å². The molecule has 0 radical (unpaired) electrons. The molecule has 0 saturated heterocycles. The first-order valence-corrected chi connectivity index (χ1v) is 11.8. The highest BCUT2D eigenvalue weighted by Crippen LogP contribution is 2.18. The van der Waals surface area contributed by atoms with Crippen molar-refractivity contribution in [3.8, 4) is 5.75 Å². The number of nitrogens with zero attached hydrogens (tertiary/aromatic N) is 1. The fourth-order valence-corrected chi connectivity index (χ4v) is 3.32. The summed E-state index contributed by atoms with van der Waals surface area (Å²) in [4.78, 5) is 27.2. The van der Waals surface area contributed by atoms with E-state index in [4.69, 9.17) is 17.0 Å². The van der Waals surface area contributed by atoms with Crippen LogP contribution in [0.1, 0.15) is 54.3 Å². The molecule has 2 aromatic rings. The molecule has 0 saturated carbocycles. The number of rotatable bonds is 12. The summed E-state index contributed by atoms with van der Waals surface area (Å²) in [6.07, 6.45) is 1.93. The highest BCUT2D eigenvalue weighted by Gasteiger charge is 2.14. The molecule has 178 valence electrons. The van der Waals surface area contributed by atoms with Gasteiger partial charge in [-0.05, 0) is 68.1 Å². The molecule has 0 aliphatic heterocycles. The summed E-state index contributed by atoms with van der Waals surface area (Å²) in [5, 5.41) is 8.75. The van der Waals surface area contributed by atoms with E-state index in [1.807, 2.05) is 6.07 Å². The molecule has 2 aromatic carbocycles. The second kappa shape index (κ2) is 14.2. The molecule has 3 N–H and O–H groups in total. The number of para-hydroxylation sites is 1. The molecule has 0 aliphatic carbocycles. The maximum absolute atomic E-state index is 12.7. The Kier molecular flexibility index (Phi) is 11.3. The average Bonchev–Trinajstić information content (AvgIpc) is 2.82. The molecule has 7 nitrogen and oxygen atoms in total. The average molecular weight is 471 g/mol. The van der Waals surface area contributed by atoms with E-state index >= 15 is 0 Å². The first-order valence-electron chi connectivity index (χ1n) is 11.4. The van der Waals surface area contributed by atoms with E-state index in [0.717, 1.165) is 32.5 Å². The second-order valence-corrected chi connectivity index (χ2v) is 7.87. The Bertz CT molecular complexity index is 914. The van der Waals surface area contributed by atoms with E-state index in [1.54, 1.807) is 42.5 Å². The van der Waals surface area contributed by atoms with Crippen molar-refractivity contribution in [2.24, 2.45) is 0 Å². The van der Waals surface area contributed by atoms with Gasteiger partial charge in [0.15, 0.2) is 5.11 Å². The predicted octanol–water partition coefficient (Wildman–Crippen LogP) is 4.06. The minimum Gasteiger partial charge on any atom is -0.493 e.